The number of nitrogens with one attached hydrogen (secondary N) is 1. The Hall–Kier alpha value is -0.770. The van der Waals surface area contributed by atoms with Gasteiger partial charge in [-0.05, 0) is 50.0 Å². The Morgan fingerprint density at radius 1 is 1.37 bits per heavy atom. The molecule has 106 valence electrons. The Morgan fingerprint density at radius 3 is 2.84 bits per heavy atom. The van der Waals surface area contributed by atoms with Gasteiger partial charge >= 0.3 is 0 Å². The third-order valence-electron chi connectivity index (χ3n) is 3.69. The van der Waals surface area contributed by atoms with Gasteiger partial charge in [-0.1, -0.05) is 17.7 Å². The summed E-state index contributed by atoms with van der Waals surface area (Å²) in [7, 11) is 1.79. The molecule has 0 unspecified atom stereocenters. The number of hydrogen-bond donors (Lipinski definition) is 1. The molecule has 0 bridgehead atoms. The molecule has 1 N–H and O–H groups in total. The highest BCUT2D eigenvalue weighted by atomic mass is 35.5. The largest absolute Gasteiger partial charge is 0.384 e. The van der Waals surface area contributed by atoms with Crippen molar-refractivity contribution in [2.75, 3.05) is 45.2 Å². The molecule has 1 fully saturated rings. The van der Waals surface area contributed by atoms with Crippen molar-refractivity contribution in [3.63, 3.8) is 0 Å². The molecule has 1 aromatic carbocycles. The highest BCUT2D eigenvalue weighted by Crippen LogP contribution is 2.17. The van der Waals surface area contributed by atoms with E-state index in [4.69, 9.17) is 16.3 Å². The fourth-order valence-electron chi connectivity index (χ4n) is 2.57. The Kier molecular flexibility index (Phi) is 5.95. The van der Waals surface area contributed by atoms with E-state index in [1.807, 2.05) is 18.2 Å². The van der Waals surface area contributed by atoms with Crippen molar-refractivity contribution in [1.29, 1.82) is 0 Å². The molecule has 0 radical (unpaired) electrons. The number of halogens is 1. The van der Waals surface area contributed by atoms with Crippen molar-refractivity contribution in [1.82, 2.24) is 4.90 Å². The van der Waals surface area contributed by atoms with Crippen LogP contribution >= 0.6 is 11.6 Å². The van der Waals surface area contributed by atoms with Gasteiger partial charge in [0.05, 0.1) is 0 Å². The number of likely N-dealkylation sites (tertiary alicyclic amines) is 1. The molecule has 0 amide bonds. The van der Waals surface area contributed by atoms with Crippen molar-refractivity contribution >= 4 is 17.3 Å². The monoisotopic (exact) mass is 282 g/mol. The standard InChI is InChI=1S/C15H23ClN2O/c1-19-12-13-5-8-18(9-6-13)10-7-17-15-4-2-3-14(16)11-15/h2-4,11,13,17H,5-10,12H2,1H3. The first-order valence-electron chi connectivity index (χ1n) is 6.98. The second kappa shape index (κ2) is 7.73. The molecule has 0 aromatic heterocycles. The van der Waals surface area contributed by atoms with E-state index >= 15 is 0 Å². The van der Waals surface area contributed by atoms with Gasteiger partial charge in [-0.3, -0.25) is 0 Å². The van der Waals surface area contributed by atoms with E-state index in [0.717, 1.165) is 36.3 Å². The van der Waals surface area contributed by atoms with Crippen molar-refractivity contribution < 1.29 is 4.74 Å². The molecule has 1 aromatic rings. The maximum Gasteiger partial charge on any atom is 0.0491 e. The molecular formula is C15H23ClN2O. The van der Waals surface area contributed by atoms with Crippen LogP contribution in [0.15, 0.2) is 24.3 Å². The lowest BCUT2D eigenvalue weighted by molar-refractivity contribution is 0.101. The molecule has 0 aliphatic carbocycles. The van der Waals surface area contributed by atoms with Gasteiger partial charge in [0.25, 0.3) is 0 Å². The summed E-state index contributed by atoms with van der Waals surface area (Å²) >= 11 is 5.96. The zero-order chi connectivity index (χ0) is 13.5. The fraction of sp³-hybridized carbons (Fsp3) is 0.600. The third kappa shape index (κ3) is 5.01. The predicted octanol–water partition coefficient (Wildman–Crippen LogP) is 3.11. The van der Waals surface area contributed by atoms with Gasteiger partial charge < -0.3 is 15.0 Å². The van der Waals surface area contributed by atoms with Crippen LogP contribution in [-0.4, -0.2) is 44.8 Å². The minimum Gasteiger partial charge on any atom is -0.384 e. The molecule has 0 atom stereocenters. The van der Waals surface area contributed by atoms with Crippen molar-refractivity contribution in [2.45, 2.75) is 12.8 Å². The summed E-state index contributed by atoms with van der Waals surface area (Å²) in [5.41, 5.74) is 1.10. The van der Waals surface area contributed by atoms with Crippen LogP contribution in [0.2, 0.25) is 5.02 Å². The van der Waals surface area contributed by atoms with Crippen molar-refractivity contribution in [3.8, 4) is 0 Å². The first kappa shape index (κ1) is 14.6. The predicted molar refractivity (Wildman–Crippen MR) is 81.0 cm³/mol. The highest BCUT2D eigenvalue weighted by Gasteiger charge is 2.18. The van der Waals surface area contributed by atoms with Crippen LogP contribution < -0.4 is 5.32 Å². The molecule has 2 rings (SSSR count). The molecular weight excluding hydrogens is 260 g/mol. The average molecular weight is 283 g/mol. The maximum atomic E-state index is 5.96. The van der Waals surface area contributed by atoms with Crippen LogP contribution in [0.25, 0.3) is 0 Å². The smallest absolute Gasteiger partial charge is 0.0491 e. The van der Waals surface area contributed by atoms with Gasteiger partial charge in [0, 0.05) is 37.5 Å². The number of benzene rings is 1. The van der Waals surface area contributed by atoms with E-state index < -0.39 is 0 Å². The van der Waals surface area contributed by atoms with Gasteiger partial charge in [-0.25, -0.2) is 0 Å². The number of rotatable bonds is 6. The minimum atomic E-state index is 0.752. The van der Waals surface area contributed by atoms with E-state index in [1.54, 1.807) is 7.11 Å². The highest BCUT2D eigenvalue weighted by molar-refractivity contribution is 6.30. The van der Waals surface area contributed by atoms with E-state index in [0.29, 0.717) is 0 Å². The van der Waals surface area contributed by atoms with Crippen LogP contribution in [0.1, 0.15) is 12.8 Å². The number of piperidine rings is 1. The first-order valence-corrected chi connectivity index (χ1v) is 7.36. The lowest BCUT2D eigenvalue weighted by Crippen LogP contribution is -2.37. The summed E-state index contributed by atoms with van der Waals surface area (Å²) in [6.45, 7) is 5.34. The summed E-state index contributed by atoms with van der Waals surface area (Å²) < 4.78 is 5.22. The van der Waals surface area contributed by atoms with Crippen LogP contribution in [0.4, 0.5) is 5.69 Å². The molecule has 19 heavy (non-hydrogen) atoms. The maximum absolute atomic E-state index is 5.96. The van der Waals surface area contributed by atoms with Gasteiger partial charge in [0.1, 0.15) is 0 Å². The molecule has 1 heterocycles. The average Bonchev–Trinajstić information content (AvgIpc) is 2.41. The van der Waals surface area contributed by atoms with E-state index in [1.165, 1.54) is 25.9 Å². The van der Waals surface area contributed by atoms with Gasteiger partial charge in [0.2, 0.25) is 0 Å². The zero-order valence-corrected chi connectivity index (χ0v) is 12.3. The van der Waals surface area contributed by atoms with Gasteiger partial charge in [0.15, 0.2) is 0 Å². The molecule has 4 heteroatoms. The first-order chi connectivity index (χ1) is 9.28. The number of methoxy groups -OCH3 is 1. The molecule has 3 nitrogen and oxygen atoms in total. The Morgan fingerprint density at radius 2 is 2.16 bits per heavy atom. The summed E-state index contributed by atoms with van der Waals surface area (Å²) in [5.74, 6) is 0.752. The number of anilines is 1. The van der Waals surface area contributed by atoms with Crippen LogP contribution in [0.3, 0.4) is 0 Å². The lowest BCUT2D eigenvalue weighted by Gasteiger charge is -2.31. The van der Waals surface area contributed by atoms with Crippen LogP contribution in [-0.2, 0) is 4.74 Å². The van der Waals surface area contributed by atoms with Crippen molar-refractivity contribution in [2.24, 2.45) is 5.92 Å². The third-order valence-corrected chi connectivity index (χ3v) is 3.93. The number of nitrogens with zero attached hydrogens (tertiary/aromatic N) is 1. The normalized spacial score (nSPS) is 17.6. The van der Waals surface area contributed by atoms with Gasteiger partial charge in [-0.15, -0.1) is 0 Å². The zero-order valence-electron chi connectivity index (χ0n) is 11.6. The fourth-order valence-corrected chi connectivity index (χ4v) is 2.76. The van der Waals surface area contributed by atoms with Gasteiger partial charge in [-0.2, -0.15) is 0 Å². The topological polar surface area (TPSA) is 24.5 Å². The van der Waals surface area contributed by atoms with E-state index in [-0.39, 0.29) is 0 Å². The van der Waals surface area contributed by atoms with Crippen LogP contribution in [0.5, 0.6) is 0 Å². The Balaban J connectivity index is 1.64. The molecule has 0 spiro atoms. The van der Waals surface area contributed by atoms with E-state index in [2.05, 4.69) is 16.3 Å². The number of hydrogen-bond acceptors (Lipinski definition) is 3. The summed E-state index contributed by atoms with van der Waals surface area (Å²) in [5, 5.41) is 4.20. The van der Waals surface area contributed by atoms with Crippen molar-refractivity contribution in [3.05, 3.63) is 29.3 Å². The summed E-state index contributed by atoms with van der Waals surface area (Å²) in [4.78, 5) is 2.52. The minimum absolute atomic E-state index is 0.752. The quantitative estimate of drug-likeness (QED) is 0.868. The molecule has 1 aliphatic rings. The second-order valence-electron chi connectivity index (χ2n) is 5.18. The molecule has 0 saturated carbocycles. The summed E-state index contributed by atoms with van der Waals surface area (Å²) in [6, 6.07) is 7.89. The summed E-state index contributed by atoms with van der Waals surface area (Å²) in [6.07, 6.45) is 2.51. The Labute approximate surface area is 120 Å². The molecule has 1 saturated heterocycles. The number of ether oxygens (including phenoxy) is 1. The molecule has 1 aliphatic heterocycles. The Bertz CT molecular complexity index is 378. The van der Waals surface area contributed by atoms with Crippen LogP contribution in [0, 0.1) is 5.92 Å². The second-order valence-corrected chi connectivity index (χ2v) is 5.61. The SMILES string of the molecule is COCC1CCN(CCNc2cccc(Cl)c2)CC1. The lowest BCUT2D eigenvalue weighted by atomic mass is 9.98. The van der Waals surface area contributed by atoms with E-state index in [9.17, 15) is 0 Å².